The van der Waals surface area contributed by atoms with Gasteiger partial charge < -0.3 is 30.3 Å². The summed E-state index contributed by atoms with van der Waals surface area (Å²) in [7, 11) is -4.75. The van der Waals surface area contributed by atoms with E-state index < -0.39 is 63.8 Å². The second kappa shape index (κ2) is 42.2. The number of hydrogen-bond donors (Lipinski definition) is 4. The fourth-order valence-electron chi connectivity index (χ4n) is 5.94. The largest absolute Gasteiger partial charge is 0.480 e. The second-order valence-electron chi connectivity index (χ2n) is 15.4. The van der Waals surface area contributed by atoms with Crippen LogP contribution in [0.1, 0.15) is 174 Å². The molecule has 61 heavy (non-hydrogen) atoms. The summed E-state index contributed by atoms with van der Waals surface area (Å²) in [6.45, 7) is 2.55. The van der Waals surface area contributed by atoms with E-state index in [0.717, 1.165) is 38.5 Å². The lowest BCUT2D eigenvalue weighted by Crippen LogP contribution is -2.34. The van der Waals surface area contributed by atoms with E-state index in [4.69, 9.17) is 24.8 Å². The Balaban J connectivity index is 4.50. The number of esters is 2. The van der Waals surface area contributed by atoms with Gasteiger partial charge in [-0.25, -0.2) is 4.57 Å². The second-order valence-corrected chi connectivity index (χ2v) is 16.8. The number of unbranched alkanes of at least 4 members (excludes halogenated alkanes) is 16. The van der Waals surface area contributed by atoms with Gasteiger partial charge in [0.25, 0.3) is 0 Å². The first-order chi connectivity index (χ1) is 29.5. The average Bonchev–Trinajstić information content (AvgIpc) is 3.23. The summed E-state index contributed by atoms with van der Waals surface area (Å²) in [5.74, 6) is -2.52. The number of nitrogens with two attached hydrogens (primary N) is 1. The lowest BCUT2D eigenvalue weighted by atomic mass is 10.0. The molecule has 0 spiro atoms. The van der Waals surface area contributed by atoms with E-state index in [1.54, 1.807) is 6.08 Å². The van der Waals surface area contributed by atoms with Crippen molar-refractivity contribution < 1.29 is 52.6 Å². The molecule has 13 heteroatoms. The zero-order valence-corrected chi connectivity index (χ0v) is 38.5. The number of phosphoric acid groups is 1. The van der Waals surface area contributed by atoms with Crippen LogP contribution in [0.2, 0.25) is 0 Å². The maximum absolute atomic E-state index is 12.6. The Kier molecular flexibility index (Phi) is 40.0. The molecule has 0 amide bonds. The van der Waals surface area contributed by atoms with Crippen LogP contribution in [-0.4, -0.2) is 71.1 Å². The van der Waals surface area contributed by atoms with Crippen molar-refractivity contribution in [2.24, 2.45) is 5.73 Å². The van der Waals surface area contributed by atoms with Crippen LogP contribution in [0.15, 0.2) is 72.9 Å². The zero-order valence-electron chi connectivity index (χ0n) is 37.6. The quantitative estimate of drug-likeness (QED) is 0.0149. The first kappa shape index (κ1) is 57.9. The minimum Gasteiger partial charge on any atom is -0.480 e. The van der Waals surface area contributed by atoms with Crippen LogP contribution in [-0.2, 0) is 37.5 Å². The molecule has 0 saturated carbocycles. The first-order valence-electron chi connectivity index (χ1n) is 23.1. The van der Waals surface area contributed by atoms with Gasteiger partial charge in [-0.2, -0.15) is 0 Å². The van der Waals surface area contributed by atoms with Gasteiger partial charge in [-0.1, -0.05) is 189 Å². The van der Waals surface area contributed by atoms with Crippen LogP contribution in [0.3, 0.4) is 0 Å². The highest BCUT2D eigenvalue weighted by Gasteiger charge is 2.28. The highest BCUT2D eigenvalue weighted by Crippen LogP contribution is 2.43. The maximum Gasteiger partial charge on any atom is 0.472 e. The number of aliphatic carboxylic acids is 1. The van der Waals surface area contributed by atoms with Gasteiger partial charge in [0, 0.05) is 12.8 Å². The molecule has 0 aliphatic carbocycles. The van der Waals surface area contributed by atoms with E-state index in [0.29, 0.717) is 25.7 Å². The van der Waals surface area contributed by atoms with Crippen molar-refractivity contribution in [3.8, 4) is 0 Å². The van der Waals surface area contributed by atoms with Gasteiger partial charge in [-0.15, -0.1) is 0 Å². The van der Waals surface area contributed by atoms with Gasteiger partial charge in [-0.05, 0) is 44.9 Å². The highest BCUT2D eigenvalue weighted by atomic mass is 31.2. The number of aliphatic hydroxyl groups excluding tert-OH is 1. The van der Waals surface area contributed by atoms with Gasteiger partial charge >= 0.3 is 25.7 Å². The molecule has 0 radical (unpaired) electrons. The number of carboxylic acids is 1. The molecule has 0 aliphatic rings. The summed E-state index contributed by atoms with van der Waals surface area (Å²) in [5, 5.41) is 18.9. The minimum absolute atomic E-state index is 0.0112. The van der Waals surface area contributed by atoms with Crippen LogP contribution in [0.25, 0.3) is 0 Å². The lowest BCUT2D eigenvalue weighted by molar-refractivity contribution is -0.161. The molecule has 0 aromatic heterocycles. The molecule has 0 aromatic carbocycles. The molecule has 2 unspecified atom stereocenters. The number of hydrogen-bond acceptors (Lipinski definition) is 10. The predicted molar refractivity (Wildman–Crippen MR) is 246 cm³/mol. The van der Waals surface area contributed by atoms with Crippen LogP contribution in [0, 0.1) is 0 Å². The highest BCUT2D eigenvalue weighted by molar-refractivity contribution is 7.47. The molecular formula is C48H82NO11P. The fourth-order valence-corrected chi connectivity index (χ4v) is 6.72. The van der Waals surface area contributed by atoms with Crippen molar-refractivity contribution in [3.05, 3.63) is 72.9 Å². The van der Waals surface area contributed by atoms with Crippen LogP contribution >= 0.6 is 7.82 Å². The van der Waals surface area contributed by atoms with E-state index in [1.165, 1.54) is 83.5 Å². The molecular weight excluding hydrogens is 797 g/mol. The summed E-state index contributed by atoms with van der Waals surface area (Å²) < 4.78 is 32.6. The lowest BCUT2D eigenvalue weighted by Gasteiger charge is -2.20. The molecule has 12 nitrogen and oxygen atoms in total. The monoisotopic (exact) mass is 880 g/mol. The molecule has 0 bridgehead atoms. The molecule has 0 fully saturated rings. The molecule has 0 saturated heterocycles. The number of carbonyl (C=O) groups excluding carboxylic acids is 2. The van der Waals surface area contributed by atoms with Crippen molar-refractivity contribution in [2.45, 2.75) is 193 Å². The third kappa shape index (κ3) is 42.0. The Labute approximate surface area is 368 Å². The van der Waals surface area contributed by atoms with Crippen LogP contribution < -0.4 is 5.73 Å². The van der Waals surface area contributed by atoms with E-state index in [1.807, 2.05) is 54.7 Å². The van der Waals surface area contributed by atoms with Crippen molar-refractivity contribution >= 4 is 25.7 Å². The molecule has 0 rings (SSSR count). The number of carbonyl (C=O) groups is 3. The van der Waals surface area contributed by atoms with E-state index in [-0.39, 0.29) is 12.8 Å². The third-order valence-electron chi connectivity index (χ3n) is 9.56. The van der Waals surface area contributed by atoms with Crippen LogP contribution in [0.5, 0.6) is 0 Å². The number of allylic oxidation sites excluding steroid dienone is 10. The summed E-state index contributed by atoms with van der Waals surface area (Å²) >= 11 is 0. The van der Waals surface area contributed by atoms with E-state index in [2.05, 4.69) is 30.5 Å². The maximum atomic E-state index is 12.6. The summed E-state index contributed by atoms with van der Waals surface area (Å²) in [6.07, 6.45) is 47.2. The molecule has 4 atom stereocenters. The normalized spacial score (nSPS) is 14.8. The van der Waals surface area contributed by atoms with Gasteiger partial charge in [0.1, 0.15) is 12.6 Å². The van der Waals surface area contributed by atoms with Crippen molar-refractivity contribution in [1.82, 2.24) is 0 Å². The van der Waals surface area contributed by atoms with E-state index >= 15 is 0 Å². The molecule has 350 valence electrons. The number of aliphatic hydroxyl groups is 1. The molecule has 0 heterocycles. The predicted octanol–water partition coefficient (Wildman–Crippen LogP) is 11.5. The topological polar surface area (TPSA) is 192 Å². The standard InChI is InChI=1S/C48H82NO11P/c1-3-5-7-9-11-12-13-14-15-16-17-18-19-23-26-30-34-38-46(51)57-40-44(41-58-61(55,56)59-42-45(49)48(53)54)60-47(52)39-35-31-27-24-21-20-22-25-29-33-37-43(50)36-32-28-10-8-6-4-2/h6,8,20-21,25,27-29,31-33,37,43-45,50H,3-5,7,9-19,22-24,26,30,34-36,38-42,49H2,1-2H3,(H,53,54)(H,55,56)/b8-6-,21-20-,29-25-,31-27-,32-28-,37-33+/t43?,44-,45+/m1/s1. The summed E-state index contributed by atoms with van der Waals surface area (Å²) in [6, 6.07) is -1.54. The minimum atomic E-state index is -4.75. The fraction of sp³-hybridized carbons (Fsp3) is 0.688. The summed E-state index contributed by atoms with van der Waals surface area (Å²) in [5.41, 5.74) is 5.33. The molecule has 0 aliphatic heterocycles. The van der Waals surface area contributed by atoms with Crippen LogP contribution in [0.4, 0.5) is 0 Å². The van der Waals surface area contributed by atoms with Gasteiger partial charge in [-0.3, -0.25) is 23.4 Å². The summed E-state index contributed by atoms with van der Waals surface area (Å²) in [4.78, 5) is 46.0. The Bertz CT molecular complexity index is 1330. The molecule has 5 N–H and O–H groups in total. The van der Waals surface area contributed by atoms with Crippen molar-refractivity contribution in [3.63, 3.8) is 0 Å². The number of carboxylic acid groups (broad SMARTS) is 1. The number of rotatable bonds is 42. The SMILES string of the molecule is CC/C=C\C/C=C\CC(O)/C=C/C=C\C/C=C\C/C=C\CCC(=O)O[C@H](COC(=O)CCCCCCCCCCCCCCCCCCC)COP(=O)(O)OC[C@H](N)C(=O)O. The Morgan fingerprint density at radius 1 is 0.607 bits per heavy atom. The Morgan fingerprint density at radius 2 is 1.11 bits per heavy atom. The Morgan fingerprint density at radius 3 is 1.69 bits per heavy atom. The number of ether oxygens (including phenoxy) is 2. The molecule has 0 aromatic rings. The van der Waals surface area contributed by atoms with Crippen molar-refractivity contribution in [2.75, 3.05) is 19.8 Å². The third-order valence-corrected chi connectivity index (χ3v) is 10.5. The first-order valence-corrected chi connectivity index (χ1v) is 24.6. The van der Waals surface area contributed by atoms with Gasteiger partial charge in [0.15, 0.2) is 6.10 Å². The average molecular weight is 880 g/mol. The number of phosphoric ester groups is 1. The van der Waals surface area contributed by atoms with Gasteiger partial charge in [0.05, 0.1) is 19.3 Å². The Hall–Kier alpha value is -3.12. The van der Waals surface area contributed by atoms with E-state index in [9.17, 15) is 28.9 Å². The van der Waals surface area contributed by atoms with Crippen molar-refractivity contribution in [1.29, 1.82) is 0 Å². The zero-order chi connectivity index (χ0) is 45.1. The smallest absolute Gasteiger partial charge is 0.472 e. The van der Waals surface area contributed by atoms with Gasteiger partial charge in [0.2, 0.25) is 0 Å².